The van der Waals surface area contributed by atoms with Crippen molar-refractivity contribution in [2.24, 2.45) is 0 Å². The molecule has 0 unspecified atom stereocenters. The van der Waals surface area contributed by atoms with Gasteiger partial charge < -0.3 is 15.2 Å². The molecule has 152 valence electrons. The minimum Gasteiger partial charge on any atom is -0.494 e. The van der Waals surface area contributed by atoms with Crippen LogP contribution in [-0.2, 0) is 0 Å². The molecular formula is C22H25FN3O3+. The normalized spacial score (nSPS) is 14.0. The number of aliphatic hydroxyl groups is 1. The number of fused-ring (bicyclic) bond motifs is 1. The van der Waals surface area contributed by atoms with Crippen molar-refractivity contribution in [3.63, 3.8) is 0 Å². The van der Waals surface area contributed by atoms with E-state index in [1.165, 1.54) is 13.2 Å². The molecule has 2 aromatic carbocycles. The molecule has 1 amide bonds. The number of benzene rings is 2. The Bertz CT molecular complexity index is 1080. The number of ether oxygens (including phenoxy) is 1. The fourth-order valence-electron chi connectivity index (χ4n) is 3.16. The van der Waals surface area contributed by atoms with E-state index in [1.807, 2.05) is 19.9 Å². The molecule has 2 aromatic rings. The van der Waals surface area contributed by atoms with Crippen molar-refractivity contribution in [2.45, 2.75) is 32.4 Å². The van der Waals surface area contributed by atoms with Crippen LogP contribution in [0.2, 0.25) is 0 Å². The first-order valence-corrected chi connectivity index (χ1v) is 9.54. The predicted octanol–water partition coefficient (Wildman–Crippen LogP) is 0.565. The van der Waals surface area contributed by atoms with Crippen molar-refractivity contribution >= 4 is 17.8 Å². The van der Waals surface area contributed by atoms with Gasteiger partial charge in [-0.15, -0.1) is 0 Å². The van der Waals surface area contributed by atoms with Gasteiger partial charge in [0.2, 0.25) is 5.36 Å². The number of aliphatic hydroxyl groups excluding tert-OH is 1. The van der Waals surface area contributed by atoms with Gasteiger partial charge in [0.1, 0.15) is 6.04 Å². The number of carbonyl (C=O) groups is 1. The van der Waals surface area contributed by atoms with Gasteiger partial charge in [-0.2, -0.15) is 0 Å². The Morgan fingerprint density at radius 2 is 2.07 bits per heavy atom. The fraction of sp³-hybridized carbons (Fsp3) is 0.318. The van der Waals surface area contributed by atoms with Crippen LogP contribution in [0.15, 0.2) is 36.4 Å². The summed E-state index contributed by atoms with van der Waals surface area (Å²) in [5.74, 6) is 0.122. The second kappa shape index (κ2) is 8.90. The molecule has 0 saturated carbocycles. The zero-order valence-corrected chi connectivity index (χ0v) is 16.7. The number of rotatable bonds is 7. The van der Waals surface area contributed by atoms with Gasteiger partial charge >= 0.3 is 5.84 Å². The highest BCUT2D eigenvalue weighted by Crippen LogP contribution is 2.23. The van der Waals surface area contributed by atoms with Gasteiger partial charge in [-0.3, -0.25) is 10.1 Å². The van der Waals surface area contributed by atoms with Crippen LogP contribution >= 0.6 is 0 Å². The molecule has 0 bridgehead atoms. The highest BCUT2D eigenvalue weighted by atomic mass is 19.1. The van der Waals surface area contributed by atoms with E-state index >= 15 is 0 Å². The van der Waals surface area contributed by atoms with Gasteiger partial charge in [-0.25, -0.2) is 9.06 Å². The Labute approximate surface area is 168 Å². The van der Waals surface area contributed by atoms with Crippen molar-refractivity contribution in [3.05, 3.63) is 63.9 Å². The van der Waals surface area contributed by atoms with E-state index in [9.17, 15) is 9.18 Å². The summed E-state index contributed by atoms with van der Waals surface area (Å²) < 4.78 is 23.4. The Morgan fingerprint density at radius 3 is 2.72 bits per heavy atom. The number of carbonyl (C=O) groups excluding carboxylic acids is 1. The second-order valence-corrected chi connectivity index (χ2v) is 6.97. The third-order valence-electron chi connectivity index (χ3n) is 4.78. The highest BCUT2D eigenvalue weighted by Gasteiger charge is 2.19. The summed E-state index contributed by atoms with van der Waals surface area (Å²) in [6, 6.07) is 9.53. The molecule has 2 atom stereocenters. The fourth-order valence-corrected chi connectivity index (χ4v) is 3.16. The maximum Gasteiger partial charge on any atom is 0.369 e. The van der Waals surface area contributed by atoms with Gasteiger partial charge in [0, 0.05) is 16.8 Å². The first kappa shape index (κ1) is 20.6. The van der Waals surface area contributed by atoms with Gasteiger partial charge in [0.05, 0.1) is 25.8 Å². The minimum absolute atomic E-state index is 0.00121. The standard InChI is InChI=1S/C22H24FN3O3/c1-4-18(14-6-8-20(29-3)17(23)10-14)26-22(28)15-5-7-19-16(9-15)11-21(25-19)24-13(2)12-27/h5-11,13,18,27H,4,12H2,1-3H3,(H,26,28)/p+1/t13-,18+/m0/s1. The Kier molecular flexibility index (Phi) is 6.32. The van der Waals surface area contributed by atoms with Gasteiger partial charge in [-0.1, -0.05) is 13.0 Å². The molecular weight excluding hydrogens is 373 g/mol. The molecule has 3 rings (SSSR count). The monoisotopic (exact) mass is 398 g/mol. The minimum atomic E-state index is -0.459. The molecule has 1 aliphatic heterocycles. The number of hydrogen-bond acceptors (Lipinski definition) is 4. The largest absolute Gasteiger partial charge is 0.494 e. The zero-order chi connectivity index (χ0) is 21.0. The molecule has 0 fully saturated rings. The van der Waals surface area contributed by atoms with Crippen molar-refractivity contribution in [2.75, 3.05) is 13.7 Å². The number of nitrogens with zero attached hydrogens (tertiary/aromatic N) is 1. The van der Waals surface area contributed by atoms with E-state index in [-0.39, 0.29) is 30.3 Å². The van der Waals surface area contributed by atoms with Gasteiger partial charge in [0.15, 0.2) is 11.6 Å². The van der Waals surface area contributed by atoms with Crippen molar-refractivity contribution in [3.8, 4) is 5.75 Å². The van der Waals surface area contributed by atoms with E-state index in [2.05, 4.69) is 15.3 Å². The number of amidine groups is 1. The van der Waals surface area contributed by atoms with E-state index < -0.39 is 5.82 Å². The van der Waals surface area contributed by atoms with E-state index in [0.717, 1.165) is 10.6 Å². The first-order valence-electron chi connectivity index (χ1n) is 9.54. The SMILES string of the molecule is CC[C@@H](NC(=O)c1ccc2c(c1)=CC(N[C@@H](C)CO)=[N+]=2)c1ccc(OC)c(F)c1. The average molecular weight is 398 g/mol. The molecule has 0 radical (unpaired) electrons. The lowest BCUT2D eigenvalue weighted by Gasteiger charge is -2.18. The summed E-state index contributed by atoms with van der Waals surface area (Å²) in [6.07, 6.45) is 2.46. The van der Waals surface area contributed by atoms with Gasteiger partial charge in [-0.05, 0) is 43.2 Å². The Hall–Kier alpha value is -3.15. The van der Waals surface area contributed by atoms with E-state index in [1.54, 1.807) is 30.3 Å². The summed E-state index contributed by atoms with van der Waals surface area (Å²) in [5.41, 5.74) is 1.18. The summed E-state index contributed by atoms with van der Waals surface area (Å²) in [6.45, 7) is 3.78. The zero-order valence-electron chi connectivity index (χ0n) is 16.7. The van der Waals surface area contributed by atoms with Crippen molar-refractivity contribution in [1.82, 2.24) is 15.3 Å². The maximum atomic E-state index is 14.0. The molecule has 7 heteroatoms. The van der Waals surface area contributed by atoms with Crippen LogP contribution in [0.25, 0.3) is 6.08 Å². The van der Waals surface area contributed by atoms with Crippen molar-refractivity contribution in [1.29, 1.82) is 0 Å². The van der Waals surface area contributed by atoms with Crippen LogP contribution in [0.3, 0.4) is 0 Å². The van der Waals surface area contributed by atoms with Crippen LogP contribution in [0.4, 0.5) is 4.39 Å². The highest BCUT2D eigenvalue weighted by molar-refractivity contribution is 6.08. The molecule has 1 heterocycles. The summed E-state index contributed by atoms with van der Waals surface area (Å²) in [5, 5.41) is 16.8. The van der Waals surface area contributed by atoms with Crippen LogP contribution in [0, 0.1) is 5.82 Å². The molecule has 3 N–H and O–H groups in total. The molecule has 0 aliphatic carbocycles. The third-order valence-corrected chi connectivity index (χ3v) is 4.78. The summed E-state index contributed by atoms with van der Waals surface area (Å²) in [7, 11) is 1.41. The predicted molar refractivity (Wildman–Crippen MR) is 110 cm³/mol. The topological polar surface area (TPSA) is 84.7 Å². The lowest BCUT2D eigenvalue weighted by atomic mass is 10.0. The van der Waals surface area contributed by atoms with Gasteiger partial charge in [0.25, 0.3) is 5.91 Å². The Balaban J connectivity index is 1.77. The molecule has 6 nitrogen and oxygen atoms in total. The maximum absolute atomic E-state index is 14.0. The smallest absolute Gasteiger partial charge is 0.369 e. The van der Waals surface area contributed by atoms with E-state index in [0.29, 0.717) is 23.4 Å². The summed E-state index contributed by atoms with van der Waals surface area (Å²) in [4.78, 5) is 12.8. The quantitative estimate of drug-likeness (QED) is 0.596. The first-order chi connectivity index (χ1) is 13.9. The van der Waals surface area contributed by atoms with Crippen LogP contribution < -0.4 is 30.6 Å². The van der Waals surface area contributed by atoms with Crippen molar-refractivity contribution < 1.29 is 19.0 Å². The molecule has 0 spiro atoms. The average Bonchev–Trinajstić information content (AvgIpc) is 3.12. The van der Waals surface area contributed by atoms with Crippen LogP contribution in [-0.4, -0.2) is 36.6 Å². The van der Waals surface area contributed by atoms with Crippen LogP contribution in [0.5, 0.6) is 5.75 Å². The number of hydrogen-bond donors (Lipinski definition) is 3. The lowest BCUT2D eigenvalue weighted by molar-refractivity contribution is 0.0935. The number of nitrogens with one attached hydrogen (secondary N) is 2. The lowest BCUT2D eigenvalue weighted by Crippen LogP contribution is -2.34. The number of methoxy groups -OCH3 is 1. The third kappa shape index (κ3) is 4.65. The summed E-state index contributed by atoms with van der Waals surface area (Å²) >= 11 is 0. The second-order valence-electron chi connectivity index (χ2n) is 6.97. The van der Waals surface area contributed by atoms with E-state index in [4.69, 9.17) is 9.84 Å². The molecule has 29 heavy (non-hydrogen) atoms. The molecule has 0 saturated heterocycles. The molecule has 1 aliphatic rings. The number of amides is 1. The molecule has 0 aromatic heterocycles. The Morgan fingerprint density at radius 1 is 1.28 bits per heavy atom. The number of halogens is 1. The van der Waals surface area contributed by atoms with Crippen LogP contribution in [0.1, 0.15) is 42.2 Å².